The molecule has 0 saturated heterocycles. The van der Waals surface area contributed by atoms with Gasteiger partial charge in [0.1, 0.15) is 0 Å². The Balaban J connectivity index is 0.00000347. The van der Waals surface area contributed by atoms with E-state index in [1.54, 1.807) is 22.3 Å². The Bertz CT molecular complexity index is 3100. The molecule has 0 amide bonds. The average Bonchev–Trinajstić information content (AvgIpc) is 3.97. The van der Waals surface area contributed by atoms with Gasteiger partial charge in [-0.2, -0.15) is 0 Å². The third-order valence-corrected chi connectivity index (χ3v) is 33.8. The fraction of sp³-hybridized carbons (Fsp3) is 0.235. The van der Waals surface area contributed by atoms with Crippen molar-refractivity contribution in [2.75, 3.05) is 0 Å². The molecule has 0 radical (unpaired) electrons. The molecular weight excluding hydrogens is 1010 g/mol. The van der Waals surface area contributed by atoms with Crippen LogP contribution in [0.2, 0.25) is 9.26 Å². The Hall–Kier alpha value is -5.08. The molecular formula is C68H72Cl2SiZr. The Labute approximate surface area is 446 Å². The molecule has 4 unspecified atom stereocenters. The van der Waals surface area contributed by atoms with E-state index in [0.29, 0.717) is 19.1 Å². The van der Waals surface area contributed by atoms with Gasteiger partial charge in [0.2, 0.25) is 0 Å². The van der Waals surface area contributed by atoms with Crippen molar-refractivity contribution < 1.29 is 17.4 Å². The minimum atomic E-state index is -4.48. The molecule has 2 aliphatic rings. The summed E-state index contributed by atoms with van der Waals surface area (Å²) in [6.45, 7) is 16.2. The fourth-order valence-corrected chi connectivity index (χ4v) is 32.3. The molecule has 0 aliphatic heterocycles. The monoisotopic (exact) mass is 1080 g/mol. The van der Waals surface area contributed by atoms with E-state index >= 15 is 0 Å². The topological polar surface area (TPSA) is 0 Å². The summed E-state index contributed by atoms with van der Waals surface area (Å²) in [6, 6.07) is 70.2. The van der Waals surface area contributed by atoms with E-state index in [1.807, 2.05) is 0 Å². The third kappa shape index (κ3) is 10.2. The zero-order valence-electron chi connectivity index (χ0n) is 43.6. The van der Waals surface area contributed by atoms with E-state index in [2.05, 4.69) is 252 Å². The van der Waals surface area contributed by atoms with Crippen LogP contribution in [0.15, 0.2) is 193 Å². The quantitative estimate of drug-likeness (QED) is 0.0952. The van der Waals surface area contributed by atoms with Gasteiger partial charge in [0.15, 0.2) is 0 Å². The van der Waals surface area contributed by atoms with Gasteiger partial charge in [-0.25, -0.2) is 0 Å². The molecule has 8 aromatic rings. The predicted molar refractivity (Wildman–Crippen MR) is 318 cm³/mol. The van der Waals surface area contributed by atoms with Crippen LogP contribution in [-0.2, 0) is 17.4 Å². The van der Waals surface area contributed by atoms with Crippen molar-refractivity contribution in [3.63, 3.8) is 0 Å². The summed E-state index contributed by atoms with van der Waals surface area (Å²) in [5.74, 6) is 0.821. The molecule has 366 valence electrons. The molecule has 72 heavy (non-hydrogen) atoms. The van der Waals surface area contributed by atoms with Crippen molar-refractivity contribution in [3.05, 3.63) is 249 Å². The predicted octanol–water partition coefficient (Wildman–Crippen LogP) is 19.5. The Morgan fingerprint density at radius 1 is 0.389 bits per heavy atom. The summed E-state index contributed by atoms with van der Waals surface area (Å²) in [5.41, 5.74) is 28.1. The number of halogens is 2. The minimum absolute atomic E-state index is 0. The third-order valence-electron chi connectivity index (χ3n) is 16.4. The van der Waals surface area contributed by atoms with Crippen LogP contribution in [0.4, 0.5) is 0 Å². The molecule has 0 saturated carbocycles. The van der Waals surface area contributed by atoms with Crippen LogP contribution < -0.4 is 0 Å². The molecule has 4 atom stereocenters. The van der Waals surface area contributed by atoms with Crippen LogP contribution in [0.25, 0.3) is 56.7 Å². The molecule has 2 aliphatic carbocycles. The fourth-order valence-electron chi connectivity index (χ4n) is 12.8. The zero-order valence-corrected chi connectivity index (χ0v) is 49.1. The van der Waals surface area contributed by atoms with E-state index < -0.39 is 17.4 Å². The molecule has 8 aromatic carbocycles. The van der Waals surface area contributed by atoms with E-state index in [9.17, 15) is 0 Å². The van der Waals surface area contributed by atoms with Crippen LogP contribution in [-0.4, -0.2) is 6.88 Å². The van der Waals surface area contributed by atoms with Crippen molar-refractivity contribution >= 4 is 43.8 Å². The van der Waals surface area contributed by atoms with Crippen LogP contribution >= 0.6 is 24.8 Å². The van der Waals surface area contributed by atoms with Crippen LogP contribution in [0.5, 0.6) is 0 Å². The second kappa shape index (κ2) is 21.8. The van der Waals surface area contributed by atoms with Gasteiger partial charge >= 0.3 is 425 Å². The van der Waals surface area contributed by atoms with Crippen molar-refractivity contribution in [2.24, 2.45) is 0 Å². The Morgan fingerprint density at radius 3 is 0.958 bits per heavy atom. The standard InChI is InChI=1S/2C33H31.2CH3.2ClH.H2Si.Zr/c2*1-4-26(27-8-6-5-7-9-27)20-25-21-32-30(28-14-10-23(2)11-15-28)18-19-31(33(32)22-25)29-16-12-24(3)13-17-29;;;;;;/h2*5-19,21-22,26H,4,20H2,1-3H3;2*1H3;2*1H;1H2;. The SMILES string of the molecule is CCC(CC1=Cc2c(-c3ccc(C)cc3)ccc(-c3ccc(C)cc3)c2[CH]1[Zr]([CH3])([CH3])(=[SiH2])[CH]1C(CC(CC)c2ccccc2)=Cc2c(-c3ccc(C)cc3)ccc(-c3ccc(C)cc3)c21)c1ccccc1.Cl.Cl. The number of hydrogen-bond donors (Lipinski definition) is 0. The van der Waals surface area contributed by atoms with Crippen molar-refractivity contribution in [1.82, 2.24) is 0 Å². The Kier molecular flexibility index (Phi) is 16.1. The molecule has 0 bridgehead atoms. The Morgan fingerprint density at radius 2 is 0.667 bits per heavy atom. The van der Waals surface area contributed by atoms with Gasteiger partial charge in [-0.3, -0.25) is 0 Å². The van der Waals surface area contributed by atoms with Gasteiger partial charge in [-0.15, -0.1) is 24.8 Å². The van der Waals surface area contributed by atoms with E-state index in [4.69, 9.17) is 0 Å². The molecule has 0 nitrogen and oxygen atoms in total. The summed E-state index contributed by atoms with van der Waals surface area (Å²) < 4.78 is 6.37. The van der Waals surface area contributed by atoms with Gasteiger partial charge in [0, 0.05) is 0 Å². The summed E-state index contributed by atoms with van der Waals surface area (Å²) >= 11 is -4.48. The summed E-state index contributed by atoms with van der Waals surface area (Å²) in [4.78, 5) is 0. The van der Waals surface area contributed by atoms with Gasteiger partial charge in [-0.1, -0.05) is 0 Å². The molecule has 0 heterocycles. The zero-order chi connectivity index (χ0) is 48.8. The minimum Gasteiger partial charge on any atom is -0.147 e. The van der Waals surface area contributed by atoms with E-state index in [-0.39, 0.29) is 24.8 Å². The first-order chi connectivity index (χ1) is 33.8. The van der Waals surface area contributed by atoms with E-state index in [1.165, 1.54) is 89.0 Å². The van der Waals surface area contributed by atoms with Crippen LogP contribution in [0.3, 0.4) is 0 Å². The summed E-state index contributed by atoms with van der Waals surface area (Å²) in [5, 5.41) is 0. The average molecular weight is 1080 g/mol. The number of allylic oxidation sites excluding steroid dienone is 2. The van der Waals surface area contributed by atoms with Crippen molar-refractivity contribution in [3.8, 4) is 44.5 Å². The first-order valence-corrected chi connectivity index (χ1v) is 39.7. The maximum absolute atomic E-state index is 4.48. The van der Waals surface area contributed by atoms with Gasteiger partial charge in [0.25, 0.3) is 0 Å². The van der Waals surface area contributed by atoms with Crippen molar-refractivity contribution in [1.29, 1.82) is 0 Å². The largest absolute Gasteiger partial charge is 0.147 e. The number of benzene rings is 8. The normalized spacial score (nSPS) is 15.8. The van der Waals surface area contributed by atoms with Gasteiger partial charge < -0.3 is 0 Å². The van der Waals surface area contributed by atoms with Gasteiger partial charge in [0.05, 0.1) is 0 Å². The number of hydrogen-bond acceptors (Lipinski definition) is 0. The number of aryl methyl sites for hydroxylation is 4. The first kappa shape index (κ1) is 53.2. The summed E-state index contributed by atoms with van der Waals surface area (Å²) in [6.07, 6.45) is 9.73. The molecule has 0 spiro atoms. The maximum Gasteiger partial charge on any atom is -0.147 e. The first-order valence-electron chi connectivity index (χ1n) is 26.0. The molecule has 0 fully saturated rings. The van der Waals surface area contributed by atoms with Crippen molar-refractivity contribution in [2.45, 2.75) is 95.6 Å². The van der Waals surface area contributed by atoms with Crippen LogP contribution in [0, 0.1) is 27.7 Å². The molecule has 4 heteroatoms. The van der Waals surface area contributed by atoms with Crippen LogP contribution in [0.1, 0.15) is 114 Å². The van der Waals surface area contributed by atoms with Gasteiger partial charge in [-0.05, 0) is 0 Å². The second-order valence-electron chi connectivity index (χ2n) is 22.1. The molecule has 10 rings (SSSR count). The number of rotatable bonds is 14. The number of fused-ring (bicyclic) bond motifs is 2. The smallest absolute Gasteiger partial charge is 0.147 e. The van der Waals surface area contributed by atoms with E-state index in [0.717, 1.165) is 25.7 Å². The second-order valence-corrected chi connectivity index (χ2v) is 52.6. The maximum atomic E-state index is 2.89. The molecule has 0 aromatic heterocycles. The summed E-state index contributed by atoms with van der Waals surface area (Å²) in [7, 11) is 0. The molecule has 0 N–H and O–H groups in total.